The summed E-state index contributed by atoms with van der Waals surface area (Å²) in [6.45, 7) is 5.22. The SMILES string of the molecule is CC(C)OC(=O)N(c1ccc(C(=O)Nc2ccccc2N)cc1)[C@H]1CCNC1. The zero-order valence-corrected chi connectivity index (χ0v) is 16.1. The van der Waals surface area contributed by atoms with Gasteiger partial charge in [0.2, 0.25) is 0 Å². The second-order valence-corrected chi connectivity index (χ2v) is 7.04. The molecule has 1 fully saturated rings. The zero-order chi connectivity index (χ0) is 20.1. The smallest absolute Gasteiger partial charge is 0.414 e. The number of nitrogen functional groups attached to an aromatic ring is 1. The van der Waals surface area contributed by atoms with Crippen LogP contribution in [0, 0.1) is 0 Å². The molecule has 0 aromatic heterocycles. The summed E-state index contributed by atoms with van der Waals surface area (Å²) < 4.78 is 5.42. The summed E-state index contributed by atoms with van der Waals surface area (Å²) in [7, 11) is 0. The van der Waals surface area contributed by atoms with E-state index < -0.39 is 0 Å². The van der Waals surface area contributed by atoms with Gasteiger partial charge >= 0.3 is 6.09 Å². The average Bonchev–Trinajstić information content (AvgIpc) is 3.18. The number of nitrogens with zero attached hydrogens (tertiary/aromatic N) is 1. The highest BCUT2D eigenvalue weighted by Crippen LogP contribution is 2.24. The van der Waals surface area contributed by atoms with Crippen molar-refractivity contribution in [3.05, 3.63) is 54.1 Å². The van der Waals surface area contributed by atoms with Gasteiger partial charge in [-0.25, -0.2) is 4.79 Å². The Bertz CT molecular complexity index is 830. The van der Waals surface area contributed by atoms with Crippen molar-refractivity contribution in [2.24, 2.45) is 0 Å². The topological polar surface area (TPSA) is 96.7 Å². The molecule has 1 heterocycles. The third kappa shape index (κ3) is 4.61. The molecular formula is C21H26N4O3. The van der Waals surface area contributed by atoms with E-state index in [9.17, 15) is 9.59 Å². The van der Waals surface area contributed by atoms with Crippen molar-refractivity contribution in [1.82, 2.24) is 5.32 Å². The Morgan fingerprint density at radius 1 is 1.18 bits per heavy atom. The van der Waals surface area contributed by atoms with Gasteiger partial charge in [-0.15, -0.1) is 0 Å². The summed E-state index contributed by atoms with van der Waals surface area (Å²) in [6, 6.07) is 14.0. The third-order valence-corrected chi connectivity index (χ3v) is 4.55. The molecule has 0 saturated carbocycles. The number of ether oxygens (including phenoxy) is 1. The molecule has 0 aliphatic carbocycles. The minimum atomic E-state index is -0.377. The van der Waals surface area contributed by atoms with E-state index >= 15 is 0 Å². The van der Waals surface area contributed by atoms with E-state index in [0.717, 1.165) is 13.0 Å². The quantitative estimate of drug-likeness (QED) is 0.690. The molecule has 0 spiro atoms. The molecule has 0 radical (unpaired) electrons. The molecule has 0 bridgehead atoms. The van der Waals surface area contributed by atoms with E-state index in [4.69, 9.17) is 10.5 Å². The van der Waals surface area contributed by atoms with Crippen LogP contribution in [0.1, 0.15) is 30.6 Å². The number of hydrogen-bond acceptors (Lipinski definition) is 5. The number of carbonyl (C=O) groups is 2. The van der Waals surface area contributed by atoms with Crippen molar-refractivity contribution in [2.45, 2.75) is 32.4 Å². The highest BCUT2D eigenvalue weighted by atomic mass is 16.6. The monoisotopic (exact) mass is 382 g/mol. The standard InChI is InChI=1S/C21H26N4O3/c1-14(2)28-21(27)25(17-11-12-23-13-17)16-9-7-15(8-10-16)20(26)24-19-6-4-3-5-18(19)22/h3-10,14,17,23H,11-13,22H2,1-2H3,(H,24,26)/t17-/m0/s1. The number of rotatable bonds is 5. The van der Waals surface area contributed by atoms with E-state index in [0.29, 0.717) is 29.2 Å². The van der Waals surface area contributed by atoms with Gasteiger partial charge in [-0.1, -0.05) is 12.1 Å². The predicted octanol–water partition coefficient (Wildman–Crippen LogP) is 3.23. The Kier molecular flexibility index (Phi) is 6.16. The molecule has 1 aliphatic heterocycles. The lowest BCUT2D eigenvalue weighted by Crippen LogP contribution is -2.43. The molecule has 2 aromatic carbocycles. The first kappa shape index (κ1) is 19.7. The maximum atomic E-state index is 12.6. The maximum Gasteiger partial charge on any atom is 0.414 e. The van der Waals surface area contributed by atoms with Gasteiger partial charge in [0.05, 0.1) is 23.5 Å². The van der Waals surface area contributed by atoms with Crippen LogP contribution in [0.15, 0.2) is 48.5 Å². The molecular weight excluding hydrogens is 356 g/mol. The van der Waals surface area contributed by atoms with Crippen LogP contribution in [0.5, 0.6) is 0 Å². The summed E-state index contributed by atoms with van der Waals surface area (Å²) in [5.41, 5.74) is 8.13. The van der Waals surface area contributed by atoms with Crippen LogP contribution in [-0.4, -0.2) is 37.2 Å². The number of amides is 2. The molecule has 2 amide bonds. The van der Waals surface area contributed by atoms with Crippen LogP contribution in [0.3, 0.4) is 0 Å². The molecule has 3 rings (SSSR count). The van der Waals surface area contributed by atoms with Crippen molar-refractivity contribution >= 4 is 29.1 Å². The Morgan fingerprint density at radius 2 is 1.89 bits per heavy atom. The predicted molar refractivity (Wildman–Crippen MR) is 111 cm³/mol. The summed E-state index contributed by atoms with van der Waals surface area (Å²) in [6.07, 6.45) is 0.270. The van der Waals surface area contributed by atoms with E-state index in [1.54, 1.807) is 41.3 Å². The van der Waals surface area contributed by atoms with Gasteiger partial charge in [-0.05, 0) is 63.2 Å². The van der Waals surface area contributed by atoms with E-state index in [-0.39, 0.29) is 24.1 Å². The summed E-state index contributed by atoms with van der Waals surface area (Å²) in [5.74, 6) is -0.261. The third-order valence-electron chi connectivity index (χ3n) is 4.55. The van der Waals surface area contributed by atoms with Crippen LogP contribution in [0.2, 0.25) is 0 Å². The van der Waals surface area contributed by atoms with Gasteiger partial charge in [0.15, 0.2) is 0 Å². The fraction of sp³-hybridized carbons (Fsp3) is 0.333. The first-order valence-electron chi connectivity index (χ1n) is 9.42. The van der Waals surface area contributed by atoms with Crippen molar-refractivity contribution in [1.29, 1.82) is 0 Å². The Hall–Kier alpha value is -3.06. The molecule has 1 atom stereocenters. The van der Waals surface area contributed by atoms with Crippen molar-refractivity contribution in [3.8, 4) is 0 Å². The largest absolute Gasteiger partial charge is 0.446 e. The first-order chi connectivity index (χ1) is 13.5. The van der Waals surface area contributed by atoms with Gasteiger partial charge in [0.25, 0.3) is 5.91 Å². The molecule has 148 valence electrons. The van der Waals surface area contributed by atoms with Crippen LogP contribution in [0.4, 0.5) is 21.9 Å². The lowest BCUT2D eigenvalue weighted by atomic mass is 10.1. The number of anilines is 3. The van der Waals surface area contributed by atoms with Gasteiger partial charge in [-0.2, -0.15) is 0 Å². The van der Waals surface area contributed by atoms with Crippen LogP contribution in [0.25, 0.3) is 0 Å². The highest BCUT2D eigenvalue weighted by Gasteiger charge is 2.29. The molecule has 1 aliphatic rings. The molecule has 0 unspecified atom stereocenters. The van der Waals surface area contributed by atoms with Crippen LogP contribution in [-0.2, 0) is 4.74 Å². The molecule has 1 saturated heterocycles. The zero-order valence-electron chi connectivity index (χ0n) is 16.1. The fourth-order valence-corrected chi connectivity index (χ4v) is 3.16. The van der Waals surface area contributed by atoms with Gasteiger partial charge < -0.3 is 21.1 Å². The first-order valence-corrected chi connectivity index (χ1v) is 9.42. The van der Waals surface area contributed by atoms with Crippen molar-refractivity contribution in [3.63, 3.8) is 0 Å². The molecule has 7 heteroatoms. The Morgan fingerprint density at radius 3 is 2.50 bits per heavy atom. The van der Waals surface area contributed by atoms with E-state index in [1.807, 2.05) is 26.0 Å². The van der Waals surface area contributed by atoms with Crippen molar-refractivity contribution in [2.75, 3.05) is 29.0 Å². The number of hydrogen-bond donors (Lipinski definition) is 3. The average molecular weight is 382 g/mol. The summed E-state index contributed by atoms with van der Waals surface area (Å²) in [4.78, 5) is 26.8. The van der Waals surface area contributed by atoms with Gasteiger partial charge in [-0.3, -0.25) is 9.69 Å². The van der Waals surface area contributed by atoms with Crippen molar-refractivity contribution < 1.29 is 14.3 Å². The van der Waals surface area contributed by atoms with E-state index in [2.05, 4.69) is 10.6 Å². The number of nitrogens with one attached hydrogen (secondary N) is 2. The Labute approximate surface area is 164 Å². The van der Waals surface area contributed by atoms with Gasteiger partial charge in [0, 0.05) is 17.8 Å². The lowest BCUT2D eigenvalue weighted by molar-refractivity contribution is 0.102. The molecule has 4 N–H and O–H groups in total. The minimum absolute atomic E-state index is 0.0232. The normalized spacial score (nSPS) is 16.0. The van der Waals surface area contributed by atoms with Gasteiger partial charge in [0.1, 0.15) is 0 Å². The molecule has 28 heavy (non-hydrogen) atoms. The molecule has 7 nitrogen and oxygen atoms in total. The number of benzene rings is 2. The number of nitrogens with two attached hydrogens (primary N) is 1. The van der Waals surface area contributed by atoms with E-state index in [1.165, 1.54) is 0 Å². The number of para-hydroxylation sites is 2. The van der Waals surface area contributed by atoms with Crippen LogP contribution >= 0.6 is 0 Å². The highest BCUT2D eigenvalue weighted by molar-refractivity contribution is 6.06. The maximum absolute atomic E-state index is 12.6. The molecule has 2 aromatic rings. The summed E-state index contributed by atoms with van der Waals surface area (Å²) in [5, 5.41) is 6.07. The Balaban J connectivity index is 1.77. The minimum Gasteiger partial charge on any atom is -0.446 e. The second kappa shape index (κ2) is 8.75. The fourth-order valence-electron chi connectivity index (χ4n) is 3.16. The second-order valence-electron chi connectivity index (χ2n) is 7.04. The summed E-state index contributed by atoms with van der Waals surface area (Å²) >= 11 is 0. The lowest BCUT2D eigenvalue weighted by Gasteiger charge is -2.28. The van der Waals surface area contributed by atoms with Crippen LogP contribution < -0.4 is 21.3 Å². The number of carbonyl (C=O) groups excluding carboxylic acids is 2.